The third-order valence-corrected chi connectivity index (χ3v) is 5.26. The summed E-state index contributed by atoms with van der Waals surface area (Å²) in [4.78, 5) is 12.7. The van der Waals surface area contributed by atoms with Gasteiger partial charge in [0.15, 0.2) is 11.5 Å². The van der Waals surface area contributed by atoms with Crippen LogP contribution in [0.5, 0.6) is 5.75 Å². The van der Waals surface area contributed by atoms with Gasteiger partial charge < -0.3 is 14.6 Å². The quantitative estimate of drug-likeness (QED) is 0.377. The number of aromatic nitrogens is 3. The third kappa shape index (κ3) is 3.87. The minimum Gasteiger partial charge on any atom is -0.494 e. The normalized spacial score (nSPS) is 11.5. The zero-order chi connectivity index (χ0) is 24.6. The van der Waals surface area contributed by atoms with E-state index in [9.17, 15) is 22.4 Å². The number of hydrogen-bond donors (Lipinski definition) is 1. The Labute approximate surface area is 194 Å². The van der Waals surface area contributed by atoms with E-state index in [0.29, 0.717) is 4.68 Å². The van der Waals surface area contributed by atoms with E-state index in [-0.39, 0.29) is 27.7 Å². The van der Waals surface area contributed by atoms with Gasteiger partial charge in [0.1, 0.15) is 28.5 Å². The number of carbonyl (C=O) groups is 1. The van der Waals surface area contributed by atoms with Crippen molar-refractivity contribution in [3.63, 3.8) is 0 Å². The lowest BCUT2D eigenvalue weighted by Crippen LogP contribution is -2.20. The zero-order valence-corrected chi connectivity index (χ0v) is 18.3. The average molecular weight is 495 g/mol. The second-order valence-corrected chi connectivity index (χ2v) is 7.31. The van der Waals surface area contributed by atoms with Crippen LogP contribution in [0.15, 0.2) is 53.2 Å². The van der Waals surface area contributed by atoms with Gasteiger partial charge in [-0.1, -0.05) is 35.0 Å². The van der Waals surface area contributed by atoms with Crippen LogP contribution in [-0.2, 0) is 6.18 Å². The molecule has 0 atom stereocenters. The number of alkyl halides is 3. The molecule has 0 spiro atoms. The number of amides is 1. The molecule has 0 fully saturated rings. The molecule has 0 saturated carbocycles. The highest BCUT2D eigenvalue weighted by Gasteiger charge is 2.42. The van der Waals surface area contributed by atoms with Crippen molar-refractivity contribution >= 4 is 17.5 Å². The summed E-state index contributed by atoms with van der Waals surface area (Å²) in [7, 11) is 2.57. The van der Waals surface area contributed by atoms with Crippen LogP contribution in [0, 0.1) is 5.82 Å². The molecule has 34 heavy (non-hydrogen) atoms. The summed E-state index contributed by atoms with van der Waals surface area (Å²) < 4.78 is 68.4. The van der Waals surface area contributed by atoms with Crippen LogP contribution >= 0.6 is 11.6 Å². The standard InChI is InChI=1S/C22H15ClF4N4O3/c1-28-21(32)17-18(16-12(23)6-5-7-13(16)24)30-34-19(17)11-10-29-31(20(11)22(25,26)27)14-8-3-4-9-15(14)33-2/h3-10H,1-2H3,(H,28,32). The Morgan fingerprint density at radius 2 is 1.91 bits per heavy atom. The van der Waals surface area contributed by atoms with Crippen molar-refractivity contribution in [1.29, 1.82) is 0 Å². The summed E-state index contributed by atoms with van der Waals surface area (Å²) in [5.41, 5.74) is -2.90. The molecule has 0 unspecified atom stereocenters. The molecule has 1 amide bonds. The largest absolute Gasteiger partial charge is 0.494 e. The highest BCUT2D eigenvalue weighted by Crippen LogP contribution is 2.43. The molecular formula is C22H15ClF4N4O3. The Balaban J connectivity index is 2.02. The van der Waals surface area contributed by atoms with Crippen LogP contribution in [0.2, 0.25) is 5.02 Å². The molecule has 2 aromatic heterocycles. The van der Waals surface area contributed by atoms with Gasteiger partial charge in [0.05, 0.1) is 29.5 Å². The Morgan fingerprint density at radius 3 is 2.56 bits per heavy atom. The van der Waals surface area contributed by atoms with Crippen molar-refractivity contribution in [3.8, 4) is 34.0 Å². The van der Waals surface area contributed by atoms with E-state index in [2.05, 4.69) is 15.6 Å². The molecule has 1 N–H and O–H groups in total. The second kappa shape index (κ2) is 8.82. The van der Waals surface area contributed by atoms with Crippen molar-refractivity contribution in [3.05, 3.63) is 70.8 Å². The number of benzene rings is 2. The molecule has 176 valence electrons. The van der Waals surface area contributed by atoms with Crippen molar-refractivity contribution in [2.45, 2.75) is 6.18 Å². The van der Waals surface area contributed by atoms with Crippen molar-refractivity contribution in [1.82, 2.24) is 20.3 Å². The predicted octanol–water partition coefficient (Wildman–Crippen LogP) is 5.37. The van der Waals surface area contributed by atoms with Gasteiger partial charge in [-0.2, -0.15) is 18.3 Å². The average Bonchev–Trinajstić information content (AvgIpc) is 3.43. The van der Waals surface area contributed by atoms with Crippen LogP contribution in [0.1, 0.15) is 16.1 Å². The maximum absolute atomic E-state index is 14.6. The minimum atomic E-state index is -4.94. The summed E-state index contributed by atoms with van der Waals surface area (Å²) in [6.07, 6.45) is -4.05. The molecule has 12 heteroatoms. The van der Waals surface area contributed by atoms with Gasteiger partial charge in [-0.3, -0.25) is 4.79 Å². The first-order valence-electron chi connectivity index (χ1n) is 9.64. The minimum absolute atomic E-state index is 0.00181. The Bertz CT molecular complexity index is 1360. The molecular weight excluding hydrogens is 480 g/mol. The SMILES string of the molecule is CNC(=O)c1c(-c2c(F)cccc2Cl)noc1-c1cnn(-c2ccccc2OC)c1C(F)(F)F. The number of hydrogen-bond acceptors (Lipinski definition) is 5. The highest BCUT2D eigenvalue weighted by atomic mass is 35.5. The van der Waals surface area contributed by atoms with E-state index >= 15 is 0 Å². The second-order valence-electron chi connectivity index (χ2n) is 6.90. The van der Waals surface area contributed by atoms with E-state index in [1.807, 2.05) is 0 Å². The van der Waals surface area contributed by atoms with E-state index in [0.717, 1.165) is 12.3 Å². The molecule has 0 radical (unpaired) electrons. The van der Waals surface area contributed by atoms with Crippen molar-refractivity contribution in [2.24, 2.45) is 0 Å². The molecule has 0 aliphatic rings. The van der Waals surface area contributed by atoms with Crippen LogP contribution in [0.3, 0.4) is 0 Å². The molecule has 7 nitrogen and oxygen atoms in total. The number of halogens is 5. The summed E-state index contributed by atoms with van der Waals surface area (Å²) in [5.74, 6) is -2.12. The number of ether oxygens (including phenoxy) is 1. The maximum atomic E-state index is 14.6. The third-order valence-electron chi connectivity index (χ3n) is 4.94. The lowest BCUT2D eigenvalue weighted by molar-refractivity contribution is -0.142. The molecule has 0 aliphatic heterocycles. The zero-order valence-electron chi connectivity index (χ0n) is 17.6. The van der Waals surface area contributed by atoms with Crippen LogP contribution < -0.4 is 10.1 Å². The Kier molecular flexibility index (Phi) is 6.05. The van der Waals surface area contributed by atoms with Crippen molar-refractivity contribution in [2.75, 3.05) is 14.2 Å². The monoisotopic (exact) mass is 494 g/mol. The molecule has 0 bridgehead atoms. The van der Waals surface area contributed by atoms with Gasteiger partial charge in [0.2, 0.25) is 0 Å². The summed E-state index contributed by atoms with van der Waals surface area (Å²) >= 11 is 6.10. The molecule has 0 saturated heterocycles. The molecule has 2 aromatic carbocycles. The fraction of sp³-hybridized carbons (Fsp3) is 0.136. The molecule has 0 aliphatic carbocycles. The van der Waals surface area contributed by atoms with Gasteiger partial charge in [0.25, 0.3) is 5.91 Å². The fourth-order valence-electron chi connectivity index (χ4n) is 3.48. The number of rotatable bonds is 5. The van der Waals surface area contributed by atoms with E-state index in [4.69, 9.17) is 20.9 Å². The number of methoxy groups -OCH3 is 1. The smallest absolute Gasteiger partial charge is 0.434 e. The van der Waals surface area contributed by atoms with Crippen LogP contribution in [-0.4, -0.2) is 35.0 Å². The van der Waals surface area contributed by atoms with E-state index < -0.39 is 40.5 Å². The lowest BCUT2D eigenvalue weighted by Gasteiger charge is -2.14. The first-order valence-corrected chi connectivity index (χ1v) is 10.0. The number of para-hydroxylation sites is 2. The Hall–Kier alpha value is -3.86. The predicted molar refractivity (Wildman–Crippen MR) is 114 cm³/mol. The summed E-state index contributed by atoms with van der Waals surface area (Å²) in [6.45, 7) is 0. The lowest BCUT2D eigenvalue weighted by atomic mass is 10.0. The first-order chi connectivity index (χ1) is 16.2. The highest BCUT2D eigenvalue weighted by molar-refractivity contribution is 6.33. The van der Waals surface area contributed by atoms with Gasteiger partial charge >= 0.3 is 6.18 Å². The van der Waals surface area contributed by atoms with Gasteiger partial charge in [-0.05, 0) is 24.3 Å². The Morgan fingerprint density at radius 1 is 1.18 bits per heavy atom. The summed E-state index contributed by atoms with van der Waals surface area (Å²) in [6, 6.07) is 9.72. The fourth-order valence-corrected chi connectivity index (χ4v) is 3.73. The van der Waals surface area contributed by atoms with Crippen LogP contribution in [0.4, 0.5) is 17.6 Å². The van der Waals surface area contributed by atoms with E-state index in [1.165, 1.54) is 44.5 Å². The maximum Gasteiger partial charge on any atom is 0.434 e. The van der Waals surface area contributed by atoms with Crippen LogP contribution in [0.25, 0.3) is 28.3 Å². The molecule has 4 rings (SSSR count). The van der Waals surface area contributed by atoms with E-state index in [1.54, 1.807) is 6.07 Å². The number of nitrogens with one attached hydrogen (secondary N) is 1. The van der Waals surface area contributed by atoms with Gasteiger partial charge in [0, 0.05) is 7.05 Å². The number of nitrogens with zero attached hydrogens (tertiary/aromatic N) is 3. The first kappa shape index (κ1) is 23.3. The van der Waals surface area contributed by atoms with Gasteiger partial charge in [-0.15, -0.1) is 0 Å². The van der Waals surface area contributed by atoms with Crippen molar-refractivity contribution < 1.29 is 31.6 Å². The molecule has 2 heterocycles. The summed E-state index contributed by atoms with van der Waals surface area (Å²) in [5, 5.41) is 9.78. The topological polar surface area (TPSA) is 82.2 Å². The van der Waals surface area contributed by atoms with Gasteiger partial charge in [-0.25, -0.2) is 9.07 Å². The number of carbonyl (C=O) groups excluding carboxylic acids is 1. The molecule has 4 aromatic rings.